The molecule has 4 aromatic rings. The van der Waals surface area contributed by atoms with Gasteiger partial charge in [-0.15, -0.1) is 11.3 Å². The van der Waals surface area contributed by atoms with Gasteiger partial charge in [-0.05, 0) is 42.0 Å². The molecule has 0 saturated carbocycles. The minimum absolute atomic E-state index is 0.294. The van der Waals surface area contributed by atoms with Crippen molar-refractivity contribution in [3.05, 3.63) is 83.2 Å². The van der Waals surface area contributed by atoms with Gasteiger partial charge >= 0.3 is 6.18 Å². The summed E-state index contributed by atoms with van der Waals surface area (Å²) in [5.74, 6) is -0.980. The number of nitrogens with zero attached hydrogens (tertiary/aromatic N) is 5. The fourth-order valence-electron chi connectivity index (χ4n) is 3.00. The number of hydrogen-bond acceptors (Lipinski definition) is 5. The van der Waals surface area contributed by atoms with Crippen LogP contribution in [0.1, 0.15) is 27.4 Å². The smallest absolute Gasteiger partial charge is 0.339 e. The van der Waals surface area contributed by atoms with Crippen LogP contribution in [0.5, 0.6) is 0 Å². The van der Waals surface area contributed by atoms with E-state index in [1.807, 2.05) is 0 Å². The van der Waals surface area contributed by atoms with Crippen molar-refractivity contribution >= 4 is 34.5 Å². The van der Waals surface area contributed by atoms with Gasteiger partial charge in [0.05, 0.1) is 17.7 Å². The first kappa shape index (κ1) is 22.4. The van der Waals surface area contributed by atoms with Gasteiger partial charge < -0.3 is 9.13 Å². The van der Waals surface area contributed by atoms with E-state index in [0.717, 1.165) is 10.9 Å². The van der Waals surface area contributed by atoms with Gasteiger partial charge in [-0.25, -0.2) is 15.0 Å². The quantitative estimate of drug-likeness (QED) is 0.310. The van der Waals surface area contributed by atoms with Crippen LogP contribution in [0.25, 0.3) is 12.2 Å². The third-order valence-electron chi connectivity index (χ3n) is 4.39. The number of carbonyl (C=O) groups is 1. The third-order valence-corrected chi connectivity index (χ3v) is 5.16. The SMILES string of the molecule is O=C(Nc1nc(C=Cc2cn(CC(F)(F)F)cn2)cs1)c1cccn1Cc1ccnc(F)c1. The zero-order valence-corrected chi connectivity index (χ0v) is 17.6. The Labute approximate surface area is 189 Å². The summed E-state index contributed by atoms with van der Waals surface area (Å²) in [5.41, 5.74) is 1.90. The highest BCUT2D eigenvalue weighted by atomic mass is 32.1. The standard InChI is InChI=1S/C21H16F4N6OS/c22-18-8-14(5-6-26-18)9-31-7-1-2-17(31)19(32)29-20-28-16(11-33-20)4-3-15-10-30(13-27-15)12-21(23,24)25/h1-8,10-11,13H,9,12H2,(H,28,29,32). The van der Waals surface area contributed by atoms with Crippen LogP contribution in [-0.4, -0.2) is 36.2 Å². The van der Waals surface area contributed by atoms with Crippen molar-refractivity contribution in [2.45, 2.75) is 19.3 Å². The van der Waals surface area contributed by atoms with Crippen molar-refractivity contribution in [3.8, 4) is 0 Å². The van der Waals surface area contributed by atoms with E-state index in [4.69, 9.17) is 0 Å². The number of anilines is 1. The van der Waals surface area contributed by atoms with Gasteiger partial charge in [-0.1, -0.05) is 0 Å². The highest BCUT2D eigenvalue weighted by Gasteiger charge is 2.27. The molecular weight excluding hydrogens is 460 g/mol. The first-order chi connectivity index (χ1) is 15.7. The number of carbonyl (C=O) groups excluding carboxylic acids is 1. The van der Waals surface area contributed by atoms with Gasteiger partial charge in [-0.2, -0.15) is 17.6 Å². The summed E-state index contributed by atoms with van der Waals surface area (Å²) in [7, 11) is 0. The Morgan fingerprint density at radius 2 is 2.00 bits per heavy atom. The van der Waals surface area contributed by atoms with Crippen molar-refractivity contribution < 1.29 is 22.4 Å². The number of imidazole rings is 1. The lowest BCUT2D eigenvalue weighted by Crippen LogP contribution is -2.17. The van der Waals surface area contributed by atoms with Crippen LogP contribution in [-0.2, 0) is 13.1 Å². The first-order valence-corrected chi connectivity index (χ1v) is 10.4. The van der Waals surface area contributed by atoms with Gasteiger partial charge in [0.15, 0.2) is 5.13 Å². The molecule has 4 rings (SSSR count). The number of alkyl halides is 3. The van der Waals surface area contributed by atoms with E-state index in [9.17, 15) is 22.4 Å². The molecule has 33 heavy (non-hydrogen) atoms. The highest BCUT2D eigenvalue weighted by Crippen LogP contribution is 2.20. The summed E-state index contributed by atoms with van der Waals surface area (Å²) in [6.45, 7) is -0.819. The van der Waals surface area contributed by atoms with Crippen LogP contribution in [0.15, 0.2) is 54.6 Å². The Bertz CT molecular complexity index is 1290. The first-order valence-electron chi connectivity index (χ1n) is 9.54. The lowest BCUT2D eigenvalue weighted by atomic mass is 10.2. The van der Waals surface area contributed by atoms with Crippen molar-refractivity contribution in [2.24, 2.45) is 0 Å². The van der Waals surface area contributed by atoms with E-state index in [0.29, 0.717) is 34.3 Å². The Morgan fingerprint density at radius 1 is 1.18 bits per heavy atom. The molecule has 7 nitrogen and oxygen atoms in total. The fraction of sp³-hybridized carbons (Fsp3) is 0.143. The summed E-state index contributed by atoms with van der Waals surface area (Å²) in [6.07, 6.45) is 4.26. The number of aromatic nitrogens is 5. The number of hydrogen-bond donors (Lipinski definition) is 1. The molecule has 0 aromatic carbocycles. The van der Waals surface area contributed by atoms with Crippen molar-refractivity contribution in [3.63, 3.8) is 0 Å². The van der Waals surface area contributed by atoms with Crippen LogP contribution in [0.4, 0.5) is 22.7 Å². The maximum Gasteiger partial charge on any atom is 0.406 e. The van der Waals surface area contributed by atoms with E-state index in [-0.39, 0.29) is 5.91 Å². The summed E-state index contributed by atoms with van der Waals surface area (Å²) < 4.78 is 53.2. The molecule has 1 N–H and O–H groups in total. The van der Waals surface area contributed by atoms with Gasteiger partial charge in [0, 0.05) is 30.5 Å². The van der Waals surface area contributed by atoms with Crippen molar-refractivity contribution in [2.75, 3.05) is 5.32 Å². The summed E-state index contributed by atoms with van der Waals surface area (Å²) in [6, 6.07) is 6.31. The summed E-state index contributed by atoms with van der Waals surface area (Å²) in [4.78, 5) is 24.4. The monoisotopic (exact) mass is 476 g/mol. The molecule has 0 fully saturated rings. The van der Waals surface area contributed by atoms with Crippen LogP contribution >= 0.6 is 11.3 Å². The van der Waals surface area contributed by atoms with E-state index in [2.05, 4.69) is 20.3 Å². The number of amides is 1. The maximum atomic E-state index is 13.3. The summed E-state index contributed by atoms with van der Waals surface area (Å²) >= 11 is 1.20. The Hall–Kier alpha value is -3.80. The second-order valence-corrected chi connectivity index (χ2v) is 7.82. The second-order valence-electron chi connectivity index (χ2n) is 6.96. The van der Waals surface area contributed by atoms with Crippen LogP contribution in [0.2, 0.25) is 0 Å². The molecule has 0 saturated heterocycles. The number of rotatable bonds is 7. The van der Waals surface area contributed by atoms with E-state index in [1.54, 1.807) is 40.4 Å². The minimum Gasteiger partial charge on any atom is -0.339 e. The molecule has 4 aromatic heterocycles. The number of nitrogens with one attached hydrogen (secondary N) is 1. The average Bonchev–Trinajstić information content (AvgIpc) is 3.47. The Morgan fingerprint density at radius 3 is 2.79 bits per heavy atom. The third kappa shape index (κ3) is 6.13. The van der Waals surface area contributed by atoms with Gasteiger partial charge in [0.1, 0.15) is 12.2 Å². The lowest BCUT2D eigenvalue weighted by molar-refractivity contribution is -0.140. The Balaban J connectivity index is 1.39. The van der Waals surface area contributed by atoms with Crippen LogP contribution in [0, 0.1) is 5.95 Å². The molecule has 0 atom stereocenters. The second kappa shape index (κ2) is 9.36. The average molecular weight is 476 g/mol. The molecule has 12 heteroatoms. The molecule has 0 aliphatic heterocycles. The zero-order chi connectivity index (χ0) is 23.4. The molecule has 0 radical (unpaired) electrons. The van der Waals surface area contributed by atoms with E-state index >= 15 is 0 Å². The predicted octanol–water partition coefficient (Wildman–Crippen LogP) is 4.71. The zero-order valence-electron chi connectivity index (χ0n) is 16.8. The molecule has 0 aliphatic rings. The van der Waals surface area contributed by atoms with Crippen LogP contribution < -0.4 is 5.32 Å². The molecule has 1 amide bonds. The lowest BCUT2D eigenvalue weighted by Gasteiger charge is -2.09. The van der Waals surface area contributed by atoms with Gasteiger partial charge in [0.25, 0.3) is 5.91 Å². The number of pyridine rings is 1. The molecule has 0 aliphatic carbocycles. The van der Waals surface area contributed by atoms with Gasteiger partial charge in [0.2, 0.25) is 5.95 Å². The topological polar surface area (TPSA) is 77.6 Å². The maximum absolute atomic E-state index is 13.3. The highest BCUT2D eigenvalue weighted by molar-refractivity contribution is 7.14. The Kier molecular flexibility index (Phi) is 6.36. The van der Waals surface area contributed by atoms with Crippen LogP contribution in [0.3, 0.4) is 0 Å². The largest absolute Gasteiger partial charge is 0.406 e. The molecule has 0 spiro atoms. The van der Waals surface area contributed by atoms with Crippen molar-refractivity contribution in [1.29, 1.82) is 0 Å². The molecular formula is C21H16F4N6OS. The normalized spacial score (nSPS) is 11.9. The predicted molar refractivity (Wildman–Crippen MR) is 115 cm³/mol. The van der Waals surface area contributed by atoms with Gasteiger partial charge in [-0.3, -0.25) is 10.1 Å². The van der Waals surface area contributed by atoms with E-state index < -0.39 is 18.7 Å². The molecule has 0 bridgehead atoms. The number of thiazole rings is 1. The summed E-state index contributed by atoms with van der Waals surface area (Å²) in [5, 5.41) is 4.76. The number of halogens is 4. The van der Waals surface area contributed by atoms with Crippen molar-refractivity contribution in [1.82, 2.24) is 24.1 Å². The minimum atomic E-state index is -4.32. The molecule has 0 unspecified atom stereocenters. The molecule has 170 valence electrons. The van der Waals surface area contributed by atoms with E-state index in [1.165, 1.54) is 35.9 Å². The fourth-order valence-corrected chi connectivity index (χ4v) is 3.68. The molecule has 4 heterocycles.